The van der Waals surface area contributed by atoms with Gasteiger partial charge in [-0.1, -0.05) is 0 Å². The van der Waals surface area contributed by atoms with Crippen LogP contribution in [0, 0.1) is 6.92 Å². The Kier molecular flexibility index (Phi) is 3.66. The Hall–Kier alpha value is -0.870. The lowest BCUT2D eigenvalue weighted by Crippen LogP contribution is -2.28. The molecule has 0 saturated carbocycles. The van der Waals surface area contributed by atoms with E-state index in [0.29, 0.717) is 0 Å². The third-order valence-corrected chi connectivity index (χ3v) is 3.16. The SMILES string of the molecule is COC(=O)C(c1sccc1C)N(C)C. The molecule has 0 N–H and O–H groups in total. The van der Waals surface area contributed by atoms with Crippen molar-refractivity contribution in [1.82, 2.24) is 4.90 Å². The number of esters is 1. The van der Waals surface area contributed by atoms with Gasteiger partial charge in [-0.25, -0.2) is 4.79 Å². The Balaban J connectivity index is 3.00. The van der Waals surface area contributed by atoms with Crippen molar-refractivity contribution in [3.05, 3.63) is 21.9 Å². The average molecular weight is 213 g/mol. The number of rotatable bonds is 3. The summed E-state index contributed by atoms with van der Waals surface area (Å²) in [4.78, 5) is 14.5. The van der Waals surface area contributed by atoms with Gasteiger partial charge in [0.1, 0.15) is 6.04 Å². The Morgan fingerprint density at radius 1 is 1.57 bits per heavy atom. The summed E-state index contributed by atoms with van der Waals surface area (Å²) in [6.45, 7) is 2.01. The van der Waals surface area contributed by atoms with E-state index < -0.39 is 0 Å². The number of hydrogen-bond donors (Lipinski definition) is 0. The summed E-state index contributed by atoms with van der Waals surface area (Å²) in [5.41, 5.74) is 1.14. The van der Waals surface area contributed by atoms with E-state index in [2.05, 4.69) is 0 Å². The van der Waals surface area contributed by atoms with Crippen molar-refractivity contribution >= 4 is 17.3 Å². The van der Waals surface area contributed by atoms with Gasteiger partial charge in [0.25, 0.3) is 0 Å². The van der Waals surface area contributed by atoms with Gasteiger partial charge in [0.05, 0.1) is 7.11 Å². The Morgan fingerprint density at radius 3 is 2.57 bits per heavy atom. The van der Waals surface area contributed by atoms with E-state index in [1.165, 1.54) is 7.11 Å². The zero-order chi connectivity index (χ0) is 10.7. The van der Waals surface area contributed by atoms with Crippen molar-refractivity contribution in [1.29, 1.82) is 0 Å². The molecule has 1 rings (SSSR count). The van der Waals surface area contributed by atoms with Crippen molar-refractivity contribution in [3.8, 4) is 0 Å². The third kappa shape index (κ3) is 2.13. The van der Waals surface area contributed by atoms with Gasteiger partial charge in [0.15, 0.2) is 0 Å². The average Bonchev–Trinajstić information content (AvgIpc) is 2.52. The number of hydrogen-bond acceptors (Lipinski definition) is 4. The van der Waals surface area contributed by atoms with Gasteiger partial charge in [-0.05, 0) is 38.0 Å². The van der Waals surface area contributed by atoms with Crippen LogP contribution in [0.4, 0.5) is 0 Å². The molecule has 78 valence electrons. The standard InChI is InChI=1S/C10H15NO2S/c1-7-5-6-14-9(7)8(11(2)3)10(12)13-4/h5-6,8H,1-4H3. The van der Waals surface area contributed by atoms with Gasteiger partial charge in [0, 0.05) is 4.88 Å². The van der Waals surface area contributed by atoms with E-state index in [0.717, 1.165) is 10.4 Å². The molecule has 0 aliphatic rings. The summed E-state index contributed by atoms with van der Waals surface area (Å²) in [5.74, 6) is -0.208. The van der Waals surface area contributed by atoms with E-state index in [1.54, 1.807) is 11.3 Å². The minimum Gasteiger partial charge on any atom is -0.468 e. The molecule has 0 aromatic carbocycles. The van der Waals surface area contributed by atoms with E-state index in [9.17, 15) is 4.79 Å². The molecule has 1 heterocycles. The first-order valence-corrected chi connectivity index (χ1v) is 5.24. The number of carbonyl (C=O) groups excluding carboxylic acids is 1. The van der Waals surface area contributed by atoms with Crippen molar-refractivity contribution < 1.29 is 9.53 Å². The van der Waals surface area contributed by atoms with Crippen LogP contribution in [0.2, 0.25) is 0 Å². The quantitative estimate of drug-likeness (QED) is 0.717. The predicted molar refractivity (Wildman–Crippen MR) is 57.5 cm³/mol. The van der Waals surface area contributed by atoms with E-state index in [-0.39, 0.29) is 12.0 Å². The van der Waals surface area contributed by atoms with Gasteiger partial charge >= 0.3 is 5.97 Å². The second-order valence-corrected chi connectivity index (χ2v) is 4.30. The molecule has 1 atom stereocenters. The molecule has 0 aliphatic carbocycles. The van der Waals surface area contributed by atoms with E-state index in [4.69, 9.17) is 4.74 Å². The fourth-order valence-electron chi connectivity index (χ4n) is 1.33. The first kappa shape index (κ1) is 11.2. The van der Waals surface area contributed by atoms with Crippen LogP contribution in [-0.4, -0.2) is 32.1 Å². The molecule has 0 bridgehead atoms. The third-order valence-electron chi connectivity index (χ3n) is 2.09. The number of carbonyl (C=O) groups is 1. The van der Waals surface area contributed by atoms with Crippen LogP contribution in [-0.2, 0) is 9.53 Å². The highest BCUT2D eigenvalue weighted by atomic mass is 32.1. The highest BCUT2D eigenvalue weighted by Crippen LogP contribution is 2.27. The van der Waals surface area contributed by atoms with Gasteiger partial charge in [-0.3, -0.25) is 4.90 Å². The van der Waals surface area contributed by atoms with Crippen LogP contribution in [0.15, 0.2) is 11.4 Å². The lowest BCUT2D eigenvalue weighted by atomic mass is 10.1. The number of thiophene rings is 1. The van der Waals surface area contributed by atoms with Crippen LogP contribution in [0.25, 0.3) is 0 Å². The Labute approximate surface area is 88.3 Å². The van der Waals surface area contributed by atoms with Crippen LogP contribution in [0.3, 0.4) is 0 Å². The molecular weight excluding hydrogens is 198 g/mol. The fraction of sp³-hybridized carbons (Fsp3) is 0.500. The van der Waals surface area contributed by atoms with Crippen molar-refractivity contribution in [3.63, 3.8) is 0 Å². The van der Waals surface area contributed by atoms with Crippen LogP contribution < -0.4 is 0 Å². The monoisotopic (exact) mass is 213 g/mol. The maximum absolute atomic E-state index is 11.5. The Bertz CT molecular complexity index is 320. The maximum Gasteiger partial charge on any atom is 0.328 e. The van der Waals surface area contributed by atoms with Gasteiger partial charge in [0.2, 0.25) is 0 Å². The van der Waals surface area contributed by atoms with Crippen molar-refractivity contribution in [2.45, 2.75) is 13.0 Å². The molecular formula is C10H15NO2S. The zero-order valence-corrected chi connectivity index (χ0v) is 9.72. The zero-order valence-electron chi connectivity index (χ0n) is 8.90. The lowest BCUT2D eigenvalue weighted by molar-refractivity contribution is -0.146. The van der Waals surface area contributed by atoms with Crippen LogP contribution in [0.5, 0.6) is 0 Å². The van der Waals surface area contributed by atoms with Crippen molar-refractivity contribution in [2.24, 2.45) is 0 Å². The second kappa shape index (κ2) is 4.57. The molecule has 0 aliphatic heterocycles. The van der Waals surface area contributed by atoms with Gasteiger partial charge in [-0.2, -0.15) is 0 Å². The molecule has 1 aromatic heterocycles. The first-order valence-electron chi connectivity index (χ1n) is 4.36. The van der Waals surface area contributed by atoms with E-state index in [1.807, 2.05) is 37.4 Å². The topological polar surface area (TPSA) is 29.5 Å². The predicted octanol–water partition coefficient (Wildman–Crippen LogP) is 1.83. The molecule has 0 fully saturated rings. The normalized spacial score (nSPS) is 12.9. The first-order chi connectivity index (χ1) is 6.57. The van der Waals surface area contributed by atoms with Crippen LogP contribution in [0.1, 0.15) is 16.5 Å². The summed E-state index contributed by atoms with van der Waals surface area (Å²) in [6.07, 6.45) is 0. The smallest absolute Gasteiger partial charge is 0.328 e. The number of ether oxygens (including phenoxy) is 1. The molecule has 1 unspecified atom stereocenters. The summed E-state index contributed by atoms with van der Waals surface area (Å²) in [5, 5.41) is 1.99. The molecule has 0 saturated heterocycles. The molecule has 4 heteroatoms. The Morgan fingerprint density at radius 2 is 2.21 bits per heavy atom. The highest BCUT2D eigenvalue weighted by Gasteiger charge is 2.26. The summed E-state index contributed by atoms with van der Waals surface area (Å²) >= 11 is 1.59. The number of likely N-dealkylation sites (N-methyl/N-ethyl adjacent to an activating group) is 1. The number of nitrogens with zero attached hydrogens (tertiary/aromatic N) is 1. The summed E-state index contributed by atoms with van der Waals surface area (Å²) in [6, 6.07) is 1.74. The van der Waals surface area contributed by atoms with Gasteiger partial charge in [-0.15, -0.1) is 11.3 Å². The molecule has 0 amide bonds. The van der Waals surface area contributed by atoms with Crippen LogP contribution >= 0.6 is 11.3 Å². The molecule has 1 aromatic rings. The second-order valence-electron chi connectivity index (χ2n) is 3.36. The van der Waals surface area contributed by atoms with E-state index >= 15 is 0 Å². The maximum atomic E-state index is 11.5. The van der Waals surface area contributed by atoms with Crippen molar-refractivity contribution in [2.75, 3.05) is 21.2 Å². The fourth-order valence-corrected chi connectivity index (χ4v) is 2.44. The molecule has 3 nitrogen and oxygen atoms in total. The number of aryl methyl sites for hydroxylation is 1. The summed E-state index contributed by atoms with van der Waals surface area (Å²) < 4.78 is 4.78. The molecule has 0 spiro atoms. The minimum absolute atomic E-state index is 0.208. The number of methoxy groups -OCH3 is 1. The molecule has 14 heavy (non-hydrogen) atoms. The minimum atomic E-state index is -0.278. The molecule has 0 radical (unpaired) electrons. The lowest BCUT2D eigenvalue weighted by Gasteiger charge is -2.21. The highest BCUT2D eigenvalue weighted by molar-refractivity contribution is 7.10. The largest absolute Gasteiger partial charge is 0.468 e. The summed E-state index contributed by atoms with van der Waals surface area (Å²) in [7, 11) is 5.17. The van der Waals surface area contributed by atoms with Gasteiger partial charge < -0.3 is 4.74 Å².